The Labute approximate surface area is 150 Å². The number of benzene rings is 2. The zero-order valence-electron chi connectivity index (χ0n) is 14.2. The van der Waals surface area contributed by atoms with Crippen LogP contribution < -0.4 is 15.6 Å². The van der Waals surface area contributed by atoms with Crippen LogP contribution in [0.5, 0.6) is 5.75 Å². The Balaban J connectivity index is 1.64. The number of rotatable bonds is 5. The summed E-state index contributed by atoms with van der Waals surface area (Å²) >= 11 is 0. The number of aryl methyl sites for hydroxylation is 1. The highest BCUT2D eigenvalue weighted by Gasteiger charge is 2.15. The highest BCUT2D eigenvalue weighted by Crippen LogP contribution is 2.19. The van der Waals surface area contributed by atoms with Crippen molar-refractivity contribution in [2.45, 2.75) is 13.5 Å². The molecule has 2 aromatic carbocycles. The van der Waals surface area contributed by atoms with Crippen molar-refractivity contribution in [3.05, 3.63) is 89.4 Å². The van der Waals surface area contributed by atoms with Crippen LogP contribution in [0.3, 0.4) is 0 Å². The number of carbonyl (C=O) groups excluding carboxylic acids is 2. The second-order valence-electron chi connectivity index (χ2n) is 5.57. The standard InChI is InChI=1S/C20H18N2O4/c1-14-16(11-12-25-14)19(23)21-22-20(24)17-9-5-6-10-18(17)26-13-15-7-3-2-4-8-15/h2-12H,13H2,1H3,(H,21,23)(H,22,24). The summed E-state index contributed by atoms with van der Waals surface area (Å²) in [4.78, 5) is 24.4. The van der Waals surface area contributed by atoms with E-state index in [1.807, 2.05) is 30.3 Å². The molecule has 0 spiro atoms. The average molecular weight is 350 g/mol. The van der Waals surface area contributed by atoms with Gasteiger partial charge < -0.3 is 9.15 Å². The van der Waals surface area contributed by atoms with E-state index in [0.29, 0.717) is 29.2 Å². The number of para-hydroxylation sites is 1. The molecule has 132 valence electrons. The normalized spacial score (nSPS) is 10.2. The number of hydrazine groups is 1. The third-order valence-electron chi connectivity index (χ3n) is 3.76. The third-order valence-corrected chi connectivity index (χ3v) is 3.76. The Hall–Kier alpha value is -3.54. The Bertz CT molecular complexity index is 903. The lowest BCUT2D eigenvalue weighted by molar-refractivity contribution is 0.0843. The molecule has 0 bridgehead atoms. The Morgan fingerprint density at radius 3 is 2.23 bits per heavy atom. The van der Waals surface area contributed by atoms with Crippen molar-refractivity contribution in [1.29, 1.82) is 0 Å². The molecule has 2 amide bonds. The molecule has 0 saturated heterocycles. The maximum absolute atomic E-state index is 12.4. The van der Waals surface area contributed by atoms with E-state index in [0.717, 1.165) is 5.56 Å². The molecule has 0 fully saturated rings. The van der Waals surface area contributed by atoms with Gasteiger partial charge >= 0.3 is 0 Å². The number of carbonyl (C=O) groups is 2. The van der Waals surface area contributed by atoms with Crippen molar-refractivity contribution in [2.24, 2.45) is 0 Å². The van der Waals surface area contributed by atoms with Crippen molar-refractivity contribution in [2.75, 3.05) is 0 Å². The van der Waals surface area contributed by atoms with Crippen LogP contribution in [0.15, 0.2) is 71.3 Å². The Morgan fingerprint density at radius 1 is 0.885 bits per heavy atom. The first-order chi connectivity index (χ1) is 12.6. The molecular weight excluding hydrogens is 332 g/mol. The van der Waals surface area contributed by atoms with Crippen LogP contribution in [0, 0.1) is 6.92 Å². The fourth-order valence-corrected chi connectivity index (χ4v) is 2.38. The second-order valence-corrected chi connectivity index (χ2v) is 5.57. The third kappa shape index (κ3) is 4.10. The molecule has 0 atom stereocenters. The first-order valence-corrected chi connectivity index (χ1v) is 8.05. The summed E-state index contributed by atoms with van der Waals surface area (Å²) in [5.41, 5.74) is 6.44. The van der Waals surface area contributed by atoms with Gasteiger partial charge in [0.25, 0.3) is 11.8 Å². The monoisotopic (exact) mass is 350 g/mol. The second kappa shape index (κ2) is 8.02. The predicted molar refractivity (Wildman–Crippen MR) is 95.6 cm³/mol. The van der Waals surface area contributed by atoms with E-state index in [4.69, 9.17) is 9.15 Å². The number of amides is 2. The summed E-state index contributed by atoms with van der Waals surface area (Å²) in [7, 11) is 0. The lowest BCUT2D eigenvalue weighted by Gasteiger charge is -2.12. The molecule has 0 aliphatic carbocycles. The number of furan rings is 1. The van der Waals surface area contributed by atoms with Crippen LogP contribution in [0.4, 0.5) is 0 Å². The number of ether oxygens (including phenoxy) is 1. The van der Waals surface area contributed by atoms with Crippen LogP contribution in [0.25, 0.3) is 0 Å². The van der Waals surface area contributed by atoms with Crippen LogP contribution in [-0.4, -0.2) is 11.8 Å². The SMILES string of the molecule is Cc1occc1C(=O)NNC(=O)c1ccccc1OCc1ccccc1. The molecule has 0 aliphatic heterocycles. The summed E-state index contributed by atoms with van der Waals surface area (Å²) in [6.07, 6.45) is 1.42. The van der Waals surface area contributed by atoms with Gasteiger partial charge in [-0.05, 0) is 30.7 Å². The number of nitrogens with one attached hydrogen (secondary N) is 2. The van der Waals surface area contributed by atoms with Crippen molar-refractivity contribution in [3.8, 4) is 5.75 Å². The number of hydrogen-bond donors (Lipinski definition) is 2. The van der Waals surface area contributed by atoms with E-state index in [9.17, 15) is 9.59 Å². The van der Waals surface area contributed by atoms with Crippen molar-refractivity contribution < 1.29 is 18.7 Å². The van der Waals surface area contributed by atoms with E-state index < -0.39 is 11.8 Å². The van der Waals surface area contributed by atoms with Crippen molar-refractivity contribution >= 4 is 11.8 Å². The predicted octanol–water partition coefficient (Wildman–Crippen LogP) is 3.24. The fraction of sp³-hybridized carbons (Fsp3) is 0.100. The molecule has 3 aromatic rings. The van der Waals surface area contributed by atoms with E-state index in [1.54, 1.807) is 31.2 Å². The molecule has 1 aromatic heterocycles. The van der Waals surface area contributed by atoms with E-state index in [1.165, 1.54) is 12.3 Å². The quantitative estimate of drug-likeness (QED) is 0.692. The van der Waals surface area contributed by atoms with Gasteiger partial charge in [0.2, 0.25) is 0 Å². The maximum atomic E-state index is 12.4. The molecule has 6 heteroatoms. The molecule has 0 saturated carbocycles. The van der Waals surface area contributed by atoms with E-state index in [2.05, 4.69) is 10.9 Å². The zero-order valence-corrected chi connectivity index (χ0v) is 14.2. The molecule has 3 rings (SSSR count). The van der Waals surface area contributed by atoms with Crippen molar-refractivity contribution in [3.63, 3.8) is 0 Å². The lowest BCUT2D eigenvalue weighted by Crippen LogP contribution is -2.41. The first kappa shape index (κ1) is 17.3. The molecule has 6 nitrogen and oxygen atoms in total. The molecule has 0 unspecified atom stereocenters. The first-order valence-electron chi connectivity index (χ1n) is 8.05. The Kier molecular flexibility index (Phi) is 5.34. The smallest absolute Gasteiger partial charge is 0.273 e. The van der Waals surface area contributed by atoms with Crippen LogP contribution in [-0.2, 0) is 6.61 Å². The van der Waals surface area contributed by atoms with Crippen LogP contribution >= 0.6 is 0 Å². The van der Waals surface area contributed by atoms with Gasteiger partial charge in [0.05, 0.1) is 17.4 Å². The molecule has 26 heavy (non-hydrogen) atoms. The lowest BCUT2D eigenvalue weighted by atomic mass is 10.2. The van der Waals surface area contributed by atoms with Crippen LogP contribution in [0.2, 0.25) is 0 Å². The van der Waals surface area contributed by atoms with Gasteiger partial charge in [0.1, 0.15) is 18.1 Å². The zero-order chi connectivity index (χ0) is 18.4. The minimum atomic E-state index is -0.469. The molecule has 0 aliphatic rings. The van der Waals surface area contributed by atoms with Gasteiger partial charge in [-0.3, -0.25) is 20.4 Å². The average Bonchev–Trinajstić information content (AvgIpc) is 3.11. The van der Waals surface area contributed by atoms with Crippen molar-refractivity contribution in [1.82, 2.24) is 10.9 Å². The summed E-state index contributed by atoms with van der Waals surface area (Å²) in [6, 6.07) is 18.0. The number of hydrogen-bond acceptors (Lipinski definition) is 4. The maximum Gasteiger partial charge on any atom is 0.273 e. The molecule has 0 radical (unpaired) electrons. The van der Waals surface area contributed by atoms with Crippen LogP contribution in [0.1, 0.15) is 32.0 Å². The highest BCUT2D eigenvalue weighted by molar-refractivity contribution is 6.00. The van der Waals surface area contributed by atoms with Gasteiger partial charge in [-0.25, -0.2) is 0 Å². The van der Waals surface area contributed by atoms with E-state index >= 15 is 0 Å². The van der Waals surface area contributed by atoms with Gasteiger partial charge in [-0.1, -0.05) is 42.5 Å². The van der Waals surface area contributed by atoms with E-state index in [-0.39, 0.29) is 0 Å². The van der Waals surface area contributed by atoms with Gasteiger partial charge in [-0.15, -0.1) is 0 Å². The molecule has 1 heterocycles. The van der Waals surface area contributed by atoms with Gasteiger partial charge in [-0.2, -0.15) is 0 Å². The van der Waals surface area contributed by atoms with Gasteiger partial charge in [0.15, 0.2) is 0 Å². The highest BCUT2D eigenvalue weighted by atomic mass is 16.5. The largest absolute Gasteiger partial charge is 0.488 e. The minimum Gasteiger partial charge on any atom is -0.488 e. The topological polar surface area (TPSA) is 80.6 Å². The fourth-order valence-electron chi connectivity index (χ4n) is 2.38. The summed E-state index contributed by atoms with van der Waals surface area (Å²) in [5.74, 6) is -0.0126. The summed E-state index contributed by atoms with van der Waals surface area (Å²) < 4.78 is 10.8. The van der Waals surface area contributed by atoms with Gasteiger partial charge in [0, 0.05) is 0 Å². The molecular formula is C20H18N2O4. The summed E-state index contributed by atoms with van der Waals surface area (Å²) in [6.45, 7) is 2.01. The Morgan fingerprint density at radius 2 is 1.54 bits per heavy atom. The summed E-state index contributed by atoms with van der Waals surface area (Å²) in [5, 5.41) is 0. The minimum absolute atomic E-state index is 0.327. The molecule has 2 N–H and O–H groups in total.